The van der Waals surface area contributed by atoms with Crippen molar-refractivity contribution < 1.29 is 19.1 Å². The van der Waals surface area contributed by atoms with Gasteiger partial charge in [0.15, 0.2) is 0 Å². The van der Waals surface area contributed by atoms with Gasteiger partial charge in [0.25, 0.3) is 0 Å². The third kappa shape index (κ3) is 4.08. The van der Waals surface area contributed by atoms with Crippen LogP contribution in [0.2, 0.25) is 0 Å². The number of benzene rings is 1. The topological polar surface area (TPSA) is 83.7 Å². The maximum atomic E-state index is 12.0. The van der Waals surface area contributed by atoms with Gasteiger partial charge in [0.05, 0.1) is 12.8 Å². The summed E-state index contributed by atoms with van der Waals surface area (Å²) in [4.78, 5) is 12.0. The zero-order valence-corrected chi connectivity index (χ0v) is 13.6. The Morgan fingerprint density at radius 1 is 1.33 bits per heavy atom. The van der Waals surface area contributed by atoms with Crippen molar-refractivity contribution in [2.75, 3.05) is 6.54 Å². The summed E-state index contributed by atoms with van der Waals surface area (Å²) in [6, 6.07) is 10.9. The van der Waals surface area contributed by atoms with E-state index in [9.17, 15) is 9.90 Å². The van der Waals surface area contributed by atoms with E-state index in [1.165, 1.54) is 11.8 Å². The number of hydrogen-bond donors (Lipinski definition) is 3. The quantitative estimate of drug-likeness (QED) is 0.759. The number of rotatable bonds is 6. The number of aliphatic hydroxyl groups is 1. The second kappa shape index (κ2) is 7.40. The molecule has 0 saturated heterocycles. The predicted octanol–water partition coefficient (Wildman–Crippen LogP) is 2.39. The Labute approximate surface area is 140 Å². The number of furan rings is 1. The molecule has 0 unspecified atom stereocenters. The molecule has 1 aromatic carbocycles. The van der Waals surface area contributed by atoms with Crippen molar-refractivity contribution in [2.24, 2.45) is 0 Å². The molecule has 24 heavy (non-hydrogen) atoms. The van der Waals surface area contributed by atoms with Crippen molar-refractivity contribution >= 4 is 6.03 Å². The van der Waals surface area contributed by atoms with E-state index in [-0.39, 0.29) is 18.2 Å². The first-order valence-corrected chi connectivity index (χ1v) is 8.12. The van der Waals surface area contributed by atoms with Gasteiger partial charge >= 0.3 is 6.03 Å². The molecule has 2 aromatic rings. The van der Waals surface area contributed by atoms with Gasteiger partial charge in [0.2, 0.25) is 0 Å². The Balaban J connectivity index is 1.38. The SMILES string of the molecule is C[C@H](C[C@@H](O)c1ccco1)NC(=O)NC[C@H]1Cc2ccccc2O1. The first kappa shape index (κ1) is 16.4. The number of ether oxygens (including phenoxy) is 1. The summed E-state index contributed by atoms with van der Waals surface area (Å²) >= 11 is 0. The molecule has 3 rings (SSSR count). The highest BCUT2D eigenvalue weighted by Gasteiger charge is 2.23. The second-order valence-electron chi connectivity index (χ2n) is 6.07. The molecule has 0 spiro atoms. The van der Waals surface area contributed by atoms with E-state index in [1.54, 1.807) is 12.1 Å². The zero-order chi connectivity index (χ0) is 16.9. The molecule has 1 aliphatic heterocycles. The van der Waals surface area contributed by atoms with Crippen molar-refractivity contribution in [1.29, 1.82) is 0 Å². The van der Waals surface area contributed by atoms with Crippen LogP contribution in [-0.2, 0) is 6.42 Å². The number of hydrogen-bond acceptors (Lipinski definition) is 4. The molecule has 2 amide bonds. The van der Waals surface area contributed by atoms with Crippen LogP contribution < -0.4 is 15.4 Å². The highest BCUT2D eigenvalue weighted by molar-refractivity contribution is 5.74. The van der Waals surface area contributed by atoms with Crippen molar-refractivity contribution in [2.45, 2.75) is 38.0 Å². The van der Waals surface area contributed by atoms with Gasteiger partial charge in [-0.05, 0) is 30.7 Å². The molecule has 0 fully saturated rings. The highest BCUT2D eigenvalue weighted by Crippen LogP contribution is 2.27. The van der Waals surface area contributed by atoms with Crippen LogP contribution in [0.15, 0.2) is 47.1 Å². The summed E-state index contributed by atoms with van der Waals surface area (Å²) in [7, 11) is 0. The average molecular weight is 330 g/mol. The van der Waals surface area contributed by atoms with Crippen molar-refractivity contribution in [3.05, 3.63) is 54.0 Å². The van der Waals surface area contributed by atoms with Gasteiger partial charge in [-0.3, -0.25) is 0 Å². The van der Waals surface area contributed by atoms with Gasteiger partial charge in [0, 0.05) is 18.9 Å². The molecule has 128 valence electrons. The lowest BCUT2D eigenvalue weighted by molar-refractivity contribution is 0.129. The largest absolute Gasteiger partial charge is 0.488 e. The maximum absolute atomic E-state index is 12.0. The van der Waals surface area contributed by atoms with Gasteiger partial charge in [-0.15, -0.1) is 0 Å². The van der Waals surface area contributed by atoms with E-state index in [0.717, 1.165) is 12.2 Å². The molecule has 3 atom stereocenters. The lowest BCUT2D eigenvalue weighted by atomic mass is 10.1. The molecule has 3 N–H and O–H groups in total. The smallest absolute Gasteiger partial charge is 0.315 e. The van der Waals surface area contributed by atoms with E-state index in [0.29, 0.717) is 18.7 Å². The van der Waals surface area contributed by atoms with Crippen LogP contribution in [0, 0.1) is 0 Å². The first-order chi connectivity index (χ1) is 11.6. The van der Waals surface area contributed by atoms with Gasteiger partial charge in [-0.25, -0.2) is 4.79 Å². The lowest BCUT2D eigenvalue weighted by Gasteiger charge is -2.18. The second-order valence-corrected chi connectivity index (χ2v) is 6.07. The molecule has 0 saturated carbocycles. The van der Waals surface area contributed by atoms with E-state index in [2.05, 4.69) is 10.6 Å². The summed E-state index contributed by atoms with van der Waals surface area (Å²) in [6.07, 6.45) is 1.92. The number of urea groups is 1. The number of carbonyl (C=O) groups excluding carboxylic acids is 1. The standard InChI is InChI=1S/C18H22N2O4/c1-12(9-15(21)17-7-4-8-23-17)20-18(22)19-11-14-10-13-5-2-3-6-16(13)24-14/h2-8,12,14-15,21H,9-11H2,1H3,(H2,19,20,22)/t12-,14-,15-/m1/s1. The average Bonchev–Trinajstić information content (AvgIpc) is 3.21. The molecular weight excluding hydrogens is 308 g/mol. The van der Waals surface area contributed by atoms with E-state index >= 15 is 0 Å². The third-order valence-corrected chi connectivity index (χ3v) is 4.03. The van der Waals surface area contributed by atoms with Crippen LogP contribution in [0.25, 0.3) is 0 Å². The fourth-order valence-electron chi connectivity index (χ4n) is 2.84. The molecule has 1 aliphatic rings. The minimum absolute atomic E-state index is 0.0443. The molecule has 2 heterocycles. The normalized spacial score (nSPS) is 18.3. The highest BCUT2D eigenvalue weighted by atomic mass is 16.5. The molecule has 6 nitrogen and oxygen atoms in total. The predicted molar refractivity (Wildman–Crippen MR) is 88.8 cm³/mol. The summed E-state index contributed by atoms with van der Waals surface area (Å²) in [5.41, 5.74) is 1.17. The Morgan fingerprint density at radius 3 is 2.92 bits per heavy atom. The number of amides is 2. The Kier molecular flexibility index (Phi) is 5.05. The zero-order valence-electron chi connectivity index (χ0n) is 13.6. The van der Waals surface area contributed by atoms with Gasteiger partial charge in [-0.1, -0.05) is 18.2 Å². The molecule has 0 radical (unpaired) electrons. The Morgan fingerprint density at radius 2 is 2.17 bits per heavy atom. The molecule has 6 heteroatoms. The van der Waals surface area contributed by atoms with Crippen LogP contribution in [-0.4, -0.2) is 29.8 Å². The first-order valence-electron chi connectivity index (χ1n) is 8.12. The molecule has 0 bridgehead atoms. The van der Waals surface area contributed by atoms with Crippen molar-refractivity contribution in [3.63, 3.8) is 0 Å². The molecule has 1 aromatic heterocycles. The van der Waals surface area contributed by atoms with Crippen molar-refractivity contribution in [3.8, 4) is 5.75 Å². The summed E-state index contributed by atoms with van der Waals surface area (Å²) in [6.45, 7) is 2.28. The summed E-state index contributed by atoms with van der Waals surface area (Å²) in [5, 5.41) is 15.6. The third-order valence-electron chi connectivity index (χ3n) is 4.03. The number of fused-ring (bicyclic) bond motifs is 1. The van der Waals surface area contributed by atoms with Crippen LogP contribution in [0.4, 0.5) is 4.79 Å². The minimum Gasteiger partial charge on any atom is -0.488 e. The number of nitrogens with one attached hydrogen (secondary N) is 2. The maximum Gasteiger partial charge on any atom is 0.315 e. The minimum atomic E-state index is -0.733. The van der Waals surface area contributed by atoms with E-state index in [4.69, 9.17) is 9.15 Å². The van der Waals surface area contributed by atoms with E-state index < -0.39 is 6.10 Å². The monoisotopic (exact) mass is 330 g/mol. The number of carbonyl (C=O) groups is 1. The van der Waals surface area contributed by atoms with Crippen molar-refractivity contribution in [1.82, 2.24) is 10.6 Å². The summed E-state index contributed by atoms with van der Waals surface area (Å²) in [5.74, 6) is 1.39. The molecular formula is C18H22N2O4. The van der Waals surface area contributed by atoms with Crippen LogP contribution in [0.5, 0.6) is 5.75 Å². The van der Waals surface area contributed by atoms with Gasteiger partial charge < -0.3 is 24.9 Å². The fraction of sp³-hybridized carbons (Fsp3) is 0.389. The Hall–Kier alpha value is -2.47. The lowest BCUT2D eigenvalue weighted by Crippen LogP contribution is -2.44. The Bertz CT molecular complexity index is 646. The van der Waals surface area contributed by atoms with Crippen LogP contribution in [0.3, 0.4) is 0 Å². The fourth-order valence-corrected chi connectivity index (χ4v) is 2.84. The number of aliphatic hydroxyl groups excluding tert-OH is 1. The molecule has 0 aliphatic carbocycles. The van der Waals surface area contributed by atoms with Gasteiger partial charge in [0.1, 0.15) is 23.7 Å². The van der Waals surface area contributed by atoms with Crippen LogP contribution in [0.1, 0.15) is 30.8 Å². The van der Waals surface area contributed by atoms with E-state index in [1.807, 2.05) is 31.2 Å². The van der Waals surface area contributed by atoms with Gasteiger partial charge in [-0.2, -0.15) is 0 Å². The number of para-hydroxylation sites is 1. The summed E-state index contributed by atoms with van der Waals surface area (Å²) < 4.78 is 10.9. The van der Waals surface area contributed by atoms with Crippen LogP contribution >= 0.6 is 0 Å².